The molecular formula is C5H13N3O2. The van der Waals surface area contributed by atoms with Crippen molar-refractivity contribution in [2.24, 2.45) is 11.5 Å². The molecule has 60 valence electrons. The number of carbonyl (C=O) groups excluding carboxylic acids is 1. The van der Waals surface area contributed by atoms with Crippen LogP contribution in [0.4, 0.5) is 0 Å². The van der Waals surface area contributed by atoms with E-state index in [0.717, 1.165) is 0 Å². The predicted molar refractivity (Wildman–Crippen MR) is 36.2 cm³/mol. The van der Waals surface area contributed by atoms with Gasteiger partial charge in [-0.05, 0) is 0 Å². The normalized spacial score (nSPS) is 9.50. The highest BCUT2D eigenvalue weighted by Gasteiger charge is 2.06. The van der Waals surface area contributed by atoms with E-state index in [1.165, 1.54) is 0 Å². The summed E-state index contributed by atoms with van der Waals surface area (Å²) in [6.45, 7) is 0.673. The molecule has 0 saturated heterocycles. The van der Waals surface area contributed by atoms with Crippen molar-refractivity contribution in [1.29, 1.82) is 0 Å². The van der Waals surface area contributed by atoms with Gasteiger partial charge in [-0.3, -0.25) is 10.0 Å². The fraction of sp³-hybridized carbons (Fsp3) is 0.800. The van der Waals surface area contributed by atoms with Crippen LogP contribution in [0.25, 0.3) is 0 Å². The maximum absolute atomic E-state index is 10.7. The van der Waals surface area contributed by atoms with Gasteiger partial charge >= 0.3 is 0 Å². The Labute approximate surface area is 59.5 Å². The summed E-state index contributed by atoms with van der Waals surface area (Å²) < 4.78 is 0. The van der Waals surface area contributed by atoms with Crippen LogP contribution in [0.2, 0.25) is 0 Å². The third-order valence-corrected chi connectivity index (χ3v) is 0.987. The van der Waals surface area contributed by atoms with E-state index < -0.39 is 0 Å². The molecule has 0 unspecified atom stereocenters. The Bertz CT molecular complexity index is 107. The molecule has 0 heterocycles. The van der Waals surface area contributed by atoms with Crippen molar-refractivity contribution >= 4 is 5.91 Å². The number of hydrogen-bond donors (Lipinski definition) is 3. The van der Waals surface area contributed by atoms with Crippen LogP contribution in [0, 0.1) is 0 Å². The molecule has 5 N–H and O–H groups in total. The van der Waals surface area contributed by atoms with E-state index in [9.17, 15) is 4.79 Å². The van der Waals surface area contributed by atoms with Gasteiger partial charge in [-0.2, -0.15) is 0 Å². The van der Waals surface area contributed by atoms with E-state index in [2.05, 4.69) is 0 Å². The fourth-order valence-corrected chi connectivity index (χ4v) is 0.500. The Morgan fingerprint density at radius 2 is 2.00 bits per heavy atom. The van der Waals surface area contributed by atoms with Crippen molar-refractivity contribution in [1.82, 2.24) is 5.06 Å². The summed E-state index contributed by atoms with van der Waals surface area (Å²) in [6.07, 6.45) is 0.163. The van der Waals surface area contributed by atoms with Crippen LogP contribution in [0.1, 0.15) is 6.42 Å². The van der Waals surface area contributed by atoms with Gasteiger partial charge in [0.1, 0.15) is 0 Å². The highest BCUT2D eigenvalue weighted by molar-refractivity contribution is 5.74. The molecule has 5 heteroatoms. The molecule has 0 bridgehead atoms. The van der Waals surface area contributed by atoms with Crippen LogP contribution in [0.3, 0.4) is 0 Å². The van der Waals surface area contributed by atoms with Crippen molar-refractivity contribution in [2.75, 3.05) is 19.6 Å². The molecule has 10 heavy (non-hydrogen) atoms. The smallest absolute Gasteiger partial charge is 0.247 e. The summed E-state index contributed by atoms with van der Waals surface area (Å²) in [7, 11) is 0. The van der Waals surface area contributed by atoms with Gasteiger partial charge in [-0.15, -0.1) is 0 Å². The fourth-order valence-electron chi connectivity index (χ4n) is 0.500. The Kier molecular flexibility index (Phi) is 4.82. The van der Waals surface area contributed by atoms with E-state index in [4.69, 9.17) is 16.7 Å². The SMILES string of the molecule is NCCC(=O)N(O)CCN. The lowest BCUT2D eigenvalue weighted by Crippen LogP contribution is -2.33. The highest BCUT2D eigenvalue weighted by Crippen LogP contribution is 1.85. The Morgan fingerprint density at radius 1 is 1.40 bits per heavy atom. The number of rotatable bonds is 4. The minimum absolute atomic E-state index is 0.163. The summed E-state index contributed by atoms with van der Waals surface area (Å²) >= 11 is 0. The molecule has 0 atom stereocenters. The number of nitrogens with two attached hydrogens (primary N) is 2. The van der Waals surface area contributed by atoms with Crippen molar-refractivity contribution in [3.63, 3.8) is 0 Å². The Hall–Kier alpha value is -0.650. The second-order valence-electron chi connectivity index (χ2n) is 1.84. The number of hydroxylamine groups is 2. The van der Waals surface area contributed by atoms with Crippen LogP contribution < -0.4 is 11.5 Å². The van der Waals surface area contributed by atoms with E-state index in [0.29, 0.717) is 5.06 Å². The van der Waals surface area contributed by atoms with Gasteiger partial charge in [0.2, 0.25) is 5.91 Å². The molecule has 0 aliphatic heterocycles. The first-order valence-electron chi connectivity index (χ1n) is 3.11. The second-order valence-corrected chi connectivity index (χ2v) is 1.84. The lowest BCUT2D eigenvalue weighted by molar-refractivity contribution is -0.164. The Morgan fingerprint density at radius 3 is 2.40 bits per heavy atom. The molecule has 0 aliphatic rings. The van der Waals surface area contributed by atoms with Crippen LogP contribution in [0.5, 0.6) is 0 Å². The highest BCUT2D eigenvalue weighted by atomic mass is 16.5. The number of amides is 1. The summed E-state index contributed by atoms with van der Waals surface area (Å²) in [6, 6.07) is 0. The van der Waals surface area contributed by atoms with Gasteiger partial charge in [0.15, 0.2) is 0 Å². The zero-order chi connectivity index (χ0) is 7.98. The van der Waals surface area contributed by atoms with Gasteiger partial charge in [0, 0.05) is 19.5 Å². The van der Waals surface area contributed by atoms with Crippen LogP contribution in [-0.4, -0.2) is 35.8 Å². The second kappa shape index (κ2) is 5.16. The molecule has 0 rings (SSSR count). The van der Waals surface area contributed by atoms with E-state index in [1.54, 1.807) is 0 Å². The van der Waals surface area contributed by atoms with Crippen molar-refractivity contribution in [3.8, 4) is 0 Å². The van der Waals surface area contributed by atoms with Gasteiger partial charge in [-0.25, -0.2) is 5.06 Å². The summed E-state index contributed by atoms with van der Waals surface area (Å²) in [5, 5.41) is 9.39. The van der Waals surface area contributed by atoms with Crippen LogP contribution in [0.15, 0.2) is 0 Å². The van der Waals surface area contributed by atoms with E-state index in [1.807, 2.05) is 0 Å². The average Bonchev–Trinajstić information content (AvgIpc) is 1.89. The maximum atomic E-state index is 10.7. The van der Waals surface area contributed by atoms with Gasteiger partial charge in [0.25, 0.3) is 0 Å². The predicted octanol–water partition coefficient (Wildman–Crippen LogP) is -1.49. The first kappa shape index (κ1) is 9.35. The lowest BCUT2D eigenvalue weighted by atomic mass is 10.4. The monoisotopic (exact) mass is 147 g/mol. The molecule has 0 aliphatic carbocycles. The molecule has 0 spiro atoms. The lowest BCUT2D eigenvalue weighted by Gasteiger charge is -2.12. The van der Waals surface area contributed by atoms with Gasteiger partial charge < -0.3 is 11.5 Å². The molecular weight excluding hydrogens is 134 g/mol. The number of nitrogens with zero attached hydrogens (tertiary/aromatic N) is 1. The zero-order valence-corrected chi connectivity index (χ0v) is 5.79. The largest absolute Gasteiger partial charge is 0.330 e. The maximum Gasteiger partial charge on any atom is 0.247 e. The van der Waals surface area contributed by atoms with Crippen molar-refractivity contribution in [2.45, 2.75) is 6.42 Å². The molecule has 5 nitrogen and oxygen atoms in total. The molecule has 1 amide bonds. The minimum Gasteiger partial charge on any atom is -0.330 e. The summed E-state index contributed by atoms with van der Waals surface area (Å²) in [5.74, 6) is -0.382. The summed E-state index contributed by atoms with van der Waals surface area (Å²) in [4.78, 5) is 10.7. The third kappa shape index (κ3) is 3.39. The topological polar surface area (TPSA) is 92.6 Å². The molecule has 0 saturated carbocycles. The number of carbonyl (C=O) groups is 1. The van der Waals surface area contributed by atoms with Gasteiger partial charge in [0.05, 0.1) is 6.54 Å². The molecule has 0 aromatic heterocycles. The quantitative estimate of drug-likeness (QED) is 0.333. The zero-order valence-electron chi connectivity index (χ0n) is 5.79. The van der Waals surface area contributed by atoms with Crippen LogP contribution >= 0.6 is 0 Å². The van der Waals surface area contributed by atoms with Crippen LogP contribution in [-0.2, 0) is 4.79 Å². The van der Waals surface area contributed by atoms with E-state index >= 15 is 0 Å². The Balaban J connectivity index is 3.49. The molecule has 0 aromatic rings. The first-order chi connectivity index (χ1) is 4.72. The molecule has 0 radical (unpaired) electrons. The number of hydrogen-bond acceptors (Lipinski definition) is 4. The van der Waals surface area contributed by atoms with Crippen molar-refractivity contribution < 1.29 is 10.0 Å². The average molecular weight is 147 g/mol. The van der Waals surface area contributed by atoms with Gasteiger partial charge in [-0.1, -0.05) is 0 Å². The molecule has 0 aromatic carbocycles. The van der Waals surface area contributed by atoms with E-state index in [-0.39, 0.29) is 32.0 Å². The standard InChI is InChI=1S/C5H13N3O2/c6-2-1-5(9)8(10)4-3-7/h10H,1-4,6-7H2. The third-order valence-electron chi connectivity index (χ3n) is 0.987. The van der Waals surface area contributed by atoms with Crippen molar-refractivity contribution in [3.05, 3.63) is 0 Å². The molecule has 0 fully saturated rings. The summed E-state index contributed by atoms with van der Waals surface area (Å²) in [5.41, 5.74) is 10.2. The minimum atomic E-state index is -0.382. The first-order valence-corrected chi connectivity index (χ1v) is 3.11.